The molecule has 2 aromatic carbocycles. The summed E-state index contributed by atoms with van der Waals surface area (Å²) in [6.07, 6.45) is -0.0728. The molecule has 2 rings (SSSR count). The zero-order valence-corrected chi connectivity index (χ0v) is 12.9. The van der Waals surface area contributed by atoms with Crippen molar-refractivity contribution in [2.75, 3.05) is 0 Å². The molecule has 1 atom stereocenters. The molecule has 3 heteroatoms. The minimum Gasteiger partial charge on any atom is -0.454 e. The first-order chi connectivity index (χ1) is 10.6. The number of hydrogen-bond donors (Lipinski definition) is 0. The van der Waals surface area contributed by atoms with Gasteiger partial charge in [0.1, 0.15) is 5.75 Å². The number of carbonyl (C=O) groups excluding carboxylic acids is 1. The zero-order chi connectivity index (χ0) is 15.9. The fourth-order valence-electron chi connectivity index (χ4n) is 1.98. The first kappa shape index (κ1) is 15.8. The van der Waals surface area contributed by atoms with Gasteiger partial charge in [-0.1, -0.05) is 62.0 Å². The van der Waals surface area contributed by atoms with Gasteiger partial charge in [-0.3, -0.25) is 0 Å². The molecule has 1 unspecified atom stereocenters. The summed E-state index contributed by atoms with van der Waals surface area (Å²) in [5.74, 6) is 0.249. The fraction of sp³-hybridized carbons (Fsp3) is 0.211. The van der Waals surface area contributed by atoms with Crippen molar-refractivity contribution in [3.8, 4) is 16.9 Å². The lowest BCUT2D eigenvalue weighted by molar-refractivity contribution is -0.158. The Labute approximate surface area is 131 Å². The van der Waals surface area contributed by atoms with Gasteiger partial charge >= 0.3 is 5.97 Å². The average molecular weight is 296 g/mol. The molecule has 22 heavy (non-hydrogen) atoms. The highest BCUT2D eigenvalue weighted by Crippen LogP contribution is 2.30. The van der Waals surface area contributed by atoms with Crippen molar-refractivity contribution in [1.82, 2.24) is 0 Å². The van der Waals surface area contributed by atoms with Gasteiger partial charge in [0, 0.05) is 17.6 Å². The molecule has 114 valence electrons. The van der Waals surface area contributed by atoms with Crippen LogP contribution in [0.5, 0.6) is 5.75 Å². The van der Waals surface area contributed by atoms with Crippen LogP contribution in [0, 0.1) is 0 Å². The lowest BCUT2D eigenvalue weighted by atomic mass is 10.1. The van der Waals surface area contributed by atoms with Gasteiger partial charge in [-0.05, 0) is 18.6 Å². The quantitative estimate of drug-likeness (QED) is 0.444. The lowest BCUT2D eigenvalue weighted by Crippen LogP contribution is -2.24. The highest BCUT2D eigenvalue weighted by molar-refractivity contribution is 5.87. The van der Waals surface area contributed by atoms with Gasteiger partial charge in [0.05, 0.1) is 0 Å². The van der Waals surface area contributed by atoms with Crippen LogP contribution in [0.25, 0.3) is 11.1 Å². The van der Waals surface area contributed by atoms with E-state index < -0.39 is 12.3 Å². The van der Waals surface area contributed by atoms with E-state index in [0.29, 0.717) is 17.7 Å². The summed E-state index contributed by atoms with van der Waals surface area (Å²) in [5, 5.41) is 0. The topological polar surface area (TPSA) is 35.5 Å². The van der Waals surface area contributed by atoms with Crippen LogP contribution in [-0.2, 0) is 9.53 Å². The Kier molecular flexibility index (Phi) is 5.37. The highest BCUT2D eigenvalue weighted by atomic mass is 16.7. The molecule has 0 heterocycles. The van der Waals surface area contributed by atoms with Crippen molar-refractivity contribution in [3.05, 3.63) is 66.7 Å². The first-order valence-electron chi connectivity index (χ1n) is 7.29. The summed E-state index contributed by atoms with van der Waals surface area (Å²) in [6, 6.07) is 17.7. The van der Waals surface area contributed by atoms with E-state index in [1.54, 1.807) is 6.92 Å². The second-order valence-electron chi connectivity index (χ2n) is 5.00. The molecule has 0 aromatic heterocycles. The molecule has 0 aliphatic rings. The molecular weight excluding hydrogens is 276 g/mol. The molecule has 0 aliphatic heterocycles. The van der Waals surface area contributed by atoms with Crippen LogP contribution in [0.1, 0.15) is 20.3 Å². The Morgan fingerprint density at radius 3 is 2.36 bits per heavy atom. The van der Waals surface area contributed by atoms with Crippen LogP contribution in [0.4, 0.5) is 0 Å². The third-order valence-corrected chi connectivity index (χ3v) is 3.15. The van der Waals surface area contributed by atoms with Gasteiger partial charge in [0.2, 0.25) is 6.29 Å². The van der Waals surface area contributed by atoms with Crippen LogP contribution < -0.4 is 4.74 Å². The molecule has 2 aromatic rings. The number of ether oxygens (including phenoxy) is 2. The molecule has 0 saturated carbocycles. The van der Waals surface area contributed by atoms with Gasteiger partial charge in [0.25, 0.3) is 0 Å². The minimum absolute atomic E-state index is 0.360. The number of benzene rings is 2. The molecular formula is C19H20O3. The number of hydrogen-bond acceptors (Lipinski definition) is 3. The number of rotatable bonds is 6. The normalized spacial score (nSPS) is 11.5. The van der Waals surface area contributed by atoms with E-state index in [9.17, 15) is 4.79 Å². The second kappa shape index (κ2) is 7.46. The Bertz CT molecular complexity index is 647. The monoisotopic (exact) mass is 296 g/mol. The summed E-state index contributed by atoms with van der Waals surface area (Å²) in [7, 11) is 0. The summed E-state index contributed by atoms with van der Waals surface area (Å²) >= 11 is 0. The first-order valence-corrected chi connectivity index (χ1v) is 7.29. The zero-order valence-electron chi connectivity index (χ0n) is 12.9. The van der Waals surface area contributed by atoms with Crippen molar-refractivity contribution in [3.63, 3.8) is 0 Å². The van der Waals surface area contributed by atoms with Crippen LogP contribution in [0.15, 0.2) is 66.7 Å². The van der Waals surface area contributed by atoms with E-state index in [-0.39, 0.29) is 0 Å². The SMILES string of the molecule is C=C(C)C(=O)OC(CC)Oc1ccccc1-c1ccccc1. The van der Waals surface area contributed by atoms with E-state index in [2.05, 4.69) is 6.58 Å². The molecule has 0 N–H and O–H groups in total. The maximum atomic E-state index is 11.7. The summed E-state index contributed by atoms with van der Waals surface area (Å²) in [6.45, 7) is 7.11. The van der Waals surface area contributed by atoms with Crippen molar-refractivity contribution < 1.29 is 14.3 Å². The maximum absolute atomic E-state index is 11.7. The van der Waals surface area contributed by atoms with Crippen LogP contribution in [0.3, 0.4) is 0 Å². The van der Waals surface area contributed by atoms with E-state index in [4.69, 9.17) is 9.47 Å². The molecule has 0 fully saturated rings. The molecule has 0 saturated heterocycles. The summed E-state index contributed by atoms with van der Waals surface area (Å²) in [4.78, 5) is 11.7. The largest absolute Gasteiger partial charge is 0.454 e. The van der Waals surface area contributed by atoms with Crippen molar-refractivity contribution >= 4 is 5.97 Å². The van der Waals surface area contributed by atoms with Crippen LogP contribution >= 0.6 is 0 Å². The molecule has 0 bridgehead atoms. The summed E-state index contributed by atoms with van der Waals surface area (Å²) in [5.41, 5.74) is 2.38. The van der Waals surface area contributed by atoms with Crippen LogP contribution in [-0.4, -0.2) is 12.3 Å². The van der Waals surface area contributed by atoms with Gasteiger partial charge in [0.15, 0.2) is 0 Å². The predicted molar refractivity (Wildman–Crippen MR) is 87.5 cm³/mol. The second-order valence-corrected chi connectivity index (χ2v) is 5.00. The smallest absolute Gasteiger partial charge is 0.336 e. The maximum Gasteiger partial charge on any atom is 0.336 e. The molecule has 0 radical (unpaired) electrons. The van der Waals surface area contributed by atoms with Gasteiger partial charge in [-0.2, -0.15) is 0 Å². The molecule has 3 nitrogen and oxygen atoms in total. The van der Waals surface area contributed by atoms with E-state index in [1.165, 1.54) is 0 Å². The van der Waals surface area contributed by atoms with Gasteiger partial charge < -0.3 is 9.47 Å². The molecule has 0 spiro atoms. The van der Waals surface area contributed by atoms with Crippen LogP contribution in [0.2, 0.25) is 0 Å². The van der Waals surface area contributed by atoms with Crippen molar-refractivity contribution in [1.29, 1.82) is 0 Å². The molecule has 0 aliphatic carbocycles. The standard InChI is InChI=1S/C19H20O3/c1-4-18(22-19(20)14(2)3)21-17-13-9-8-12-16(17)15-10-6-5-7-11-15/h5-13,18H,2,4H2,1,3H3. The average Bonchev–Trinajstić information content (AvgIpc) is 2.55. The van der Waals surface area contributed by atoms with Gasteiger partial charge in [-0.15, -0.1) is 0 Å². The predicted octanol–water partition coefficient (Wildman–Crippen LogP) is 4.59. The number of para-hydroxylation sites is 1. The van der Waals surface area contributed by atoms with Crippen molar-refractivity contribution in [2.24, 2.45) is 0 Å². The minimum atomic E-state index is -0.630. The Hall–Kier alpha value is -2.55. The Morgan fingerprint density at radius 2 is 1.73 bits per heavy atom. The Balaban J connectivity index is 2.22. The third-order valence-electron chi connectivity index (χ3n) is 3.15. The van der Waals surface area contributed by atoms with Gasteiger partial charge in [-0.25, -0.2) is 4.79 Å². The molecule has 0 amide bonds. The summed E-state index contributed by atoms with van der Waals surface area (Å²) < 4.78 is 11.2. The van der Waals surface area contributed by atoms with E-state index in [0.717, 1.165) is 11.1 Å². The van der Waals surface area contributed by atoms with E-state index in [1.807, 2.05) is 61.5 Å². The highest BCUT2D eigenvalue weighted by Gasteiger charge is 2.16. The third kappa shape index (κ3) is 3.98. The Morgan fingerprint density at radius 1 is 1.09 bits per heavy atom. The number of carbonyl (C=O) groups is 1. The fourth-order valence-corrected chi connectivity index (χ4v) is 1.98. The lowest BCUT2D eigenvalue weighted by Gasteiger charge is -2.20. The number of esters is 1. The van der Waals surface area contributed by atoms with Crippen molar-refractivity contribution in [2.45, 2.75) is 26.6 Å². The van der Waals surface area contributed by atoms with E-state index >= 15 is 0 Å².